The fraction of sp³-hybridized carbons (Fsp3) is 0.565. The van der Waals surface area contributed by atoms with E-state index in [1.165, 1.54) is 16.3 Å². The first-order valence-electron chi connectivity index (χ1n) is 21.8. The van der Waals surface area contributed by atoms with Gasteiger partial charge >= 0.3 is 5.97 Å². The van der Waals surface area contributed by atoms with Crippen molar-refractivity contribution in [2.24, 2.45) is 17.3 Å². The van der Waals surface area contributed by atoms with Crippen molar-refractivity contribution in [2.75, 3.05) is 58.4 Å². The lowest BCUT2D eigenvalue weighted by Gasteiger charge is -2.41. The molecule has 1 saturated carbocycles. The van der Waals surface area contributed by atoms with Crippen molar-refractivity contribution in [3.8, 4) is 28.6 Å². The van der Waals surface area contributed by atoms with Crippen LogP contribution in [0.2, 0.25) is 0 Å². The lowest BCUT2D eigenvalue weighted by molar-refractivity contribution is -0.162. The summed E-state index contributed by atoms with van der Waals surface area (Å²) in [5.41, 5.74) is 9.49. The van der Waals surface area contributed by atoms with Gasteiger partial charge in [0, 0.05) is 85.6 Å². The minimum Gasteiger partial charge on any atom is -0.464 e. The van der Waals surface area contributed by atoms with Gasteiger partial charge in [-0.15, -0.1) is 11.3 Å². The van der Waals surface area contributed by atoms with E-state index in [4.69, 9.17) is 19.4 Å². The number of amides is 2. The molecule has 5 atom stereocenters. The van der Waals surface area contributed by atoms with Crippen LogP contribution in [0.3, 0.4) is 0 Å². The highest BCUT2D eigenvalue weighted by molar-refractivity contribution is 7.10. The van der Waals surface area contributed by atoms with E-state index in [0.29, 0.717) is 50.2 Å². The number of hydrogen-bond acceptors (Lipinski definition) is 12. The fourth-order valence-electron chi connectivity index (χ4n) is 9.34. The Morgan fingerprint density at radius 2 is 1.93 bits per heavy atom. The van der Waals surface area contributed by atoms with E-state index >= 15 is 0 Å². The summed E-state index contributed by atoms with van der Waals surface area (Å²) in [6.07, 6.45) is 4.77. The van der Waals surface area contributed by atoms with Crippen molar-refractivity contribution >= 4 is 45.7 Å². The van der Waals surface area contributed by atoms with Gasteiger partial charge in [-0.25, -0.2) is 15.2 Å². The third kappa shape index (κ3) is 8.39. The number of benzene rings is 1. The topological polar surface area (TPSA) is 158 Å². The second kappa shape index (κ2) is 17.1. The van der Waals surface area contributed by atoms with E-state index in [1.807, 2.05) is 18.5 Å². The van der Waals surface area contributed by atoms with Crippen molar-refractivity contribution in [2.45, 2.75) is 97.4 Å². The third-order valence-corrected chi connectivity index (χ3v) is 14.1. The standard InChI is InChI=1S/C46H59N9O5S/c1-8-54-38-13-11-29-20-33(38)35(41(54)34-21-31(25-48-40(34)28(2)59-7)53-18-16-52(6)17-19-53)23-45(3,4)27-60-44(58)46(5)14-9-15-55(51-46)43(57)36(22-39-49-37(29)26-61-39)50-42(56)32-12-10-30(32)24-47/h11,13,20-21,25-26,28,30,32,36,51H,8-10,12,14-19,22-23,27H2,1-7H3,(H,50,56)/t28-,30+,32-,36-,46+/m0/s1. The summed E-state index contributed by atoms with van der Waals surface area (Å²) in [5.74, 6) is -1.93. The highest BCUT2D eigenvalue weighted by atomic mass is 32.1. The number of nitrogens with zero attached hydrogens (tertiary/aromatic N) is 7. The number of carbonyl (C=O) groups excluding carboxylic acids is 3. The quantitative estimate of drug-likeness (QED) is 0.214. The molecule has 6 bridgehead atoms. The normalized spacial score (nSPS) is 25.3. The minimum absolute atomic E-state index is 0.144. The molecular weight excluding hydrogens is 791 g/mol. The SMILES string of the molecule is CCn1c(-c2cc(N3CCN(C)CC3)cnc2[C@H](C)OC)c2c3cc(ccc31)-c1csc(n1)C[C@H](NC(=O)[C@H]1CC[C@@H]1C#N)C(=O)N1CCC[C@@](C)(N1)C(=O)OCC(C)(C)C2. The first-order valence-corrected chi connectivity index (χ1v) is 22.6. The van der Waals surface area contributed by atoms with E-state index in [0.717, 1.165) is 76.5 Å². The summed E-state index contributed by atoms with van der Waals surface area (Å²) in [6.45, 7) is 15.2. The molecule has 2 N–H and O–H groups in total. The molecule has 14 nitrogen and oxygen atoms in total. The van der Waals surface area contributed by atoms with Crippen LogP contribution in [-0.2, 0) is 43.2 Å². The first-order chi connectivity index (χ1) is 29.2. The molecule has 3 aliphatic heterocycles. The Kier molecular flexibility index (Phi) is 12.0. The number of fused-ring (bicyclic) bond motifs is 6. The van der Waals surface area contributed by atoms with Crippen LogP contribution < -0.4 is 15.6 Å². The number of esters is 1. The molecule has 4 aromatic rings. The van der Waals surface area contributed by atoms with Crippen LogP contribution in [0.1, 0.15) is 82.7 Å². The van der Waals surface area contributed by atoms with E-state index in [-0.39, 0.29) is 36.9 Å². The van der Waals surface area contributed by atoms with E-state index < -0.39 is 28.9 Å². The average Bonchev–Trinajstić information content (AvgIpc) is 3.83. The Bertz CT molecular complexity index is 2360. The van der Waals surface area contributed by atoms with Gasteiger partial charge in [0.05, 0.1) is 64.6 Å². The molecule has 2 saturated heterocycles. The van der Waals surface area contributed by atoms with Crippen molar-refractivity contribution in [1.82, 2.24) is 35.2 Å². The van der Waals surface area contributed by atoms with E-state index in [2.05, 4.69) is 83.3 Å². The monoisotopic (exact) mass is 849 g/mol. The molecule has 3 aromatic heterocycles. The number of pyridine rings is 1. The maximum atomic E-state index is 14.4. The number of nitriles is 1. The Morgan fingerprint density at radius 1 is 1.15 bits per heavy atom. The Labute approximate surface area is 362 Å². The van der Waals surface area contributed by atoms with Crippen molar-refractivity contribution < 1.29 is 23.9 Å². The van der Waals surface area contributed by atoms with Gasteiger partial charge in [-0.2, -0.15) is 5.26 Å². The van der Waals surface area contributed by atoms with Crippen LogP contribution in [0.25, 0.3) is 33.4 Å². The summed E-state index contributed by atoms with van der Waals surface area (Å²) >= 11 is 1.45. The minimum atomic E-state index is -1.17. The number of cyclic esters (lactones) is 1. The summed E-state index contributed by atoms with van der Waals surface area (Å²) in [4.78, 5) is 57.0. The maximum absolute atomic E-state index is 14.4. The zero-order valence-corrected chi connectivity index (χ0v) is 37.4. The molecule has 61 heavy (non-hydrogen) atoms. The maximum Gasteiger partial charge on any atom is 0.327 e. The number of thiazole rings is 1. The molecule has 1 aromatic carbocycles. The molecule has 8 rings (SSSR count). The summed E-state index contributed by atoms with van der Waals surface area (Å²) in [6, 6.07) is 10.0. The van der Waals surface area contributed by atoms with Gasteiger partial charge in [0.25, 0.3) is 5.91 Å². The number of methoxy groups -OCH3 is 1. The number of aryl methyl sites for hydroxylation is 1. The third-order valence-electron chi connectivity index (χ3n) is 13.3. The fourth-order valence-corrected chi connectivity index (χ4v) is 10.2. The number of rotatable bonds is 7. The number of carbonyl (C=O) groups is 3. The lowest BCUT2D eigenvalue weighted by atomic mass is 9.74. The van der Waals surface area contributed by atoms with Crippen molar-refractivity contribution in [1.29, 1.82) is 5.26 Å². The Hall–Kier alpha value is -4.88. The number of piperazine rings is 1. The number of aromatic nitrogens is 3. The summed E-state index contributed by atoms with van der Waals surface area (Å²) in [5, 5.41) is 17.8. The number of ether oxygens (including phenoxy) is 2. The second-order valence-electron chi connectivity index (χ2n) is 18.4. The summed E-state index contributed by atoms with van der Waals surface area (Å²) in [7, 11) is 3.88. The highest BCUT2D eigenvalue weighted by Crippen LogP contribution is 2.43. The Balaban J connectivity index is 1.26. The van der Waals surface area contributed by atoms with Crippen molar-refractivity contribution in [3.63, 3.8) is 0 Å². The van der Waals surface area contributed by atoms with Crippen molar-refractivity contribution in [3.05, 3.63) is 52.1 Å². The van der Waals surface area contributed by atoms with E-state index in [9.17, 15) is 19.6 Å². The van der Waals surface area contributed by atoms with Crippen LogP contribution in [-0.4, -0.2) is 107 Å². The van der Waals surface area contributed by atoms with E-state index in [1.54, 1.807) is 14.0 Å². The molecule has 324 valence electrons. The average molecular weight is 850 g/mol. The molecule has 2 amide bonds. The molecule has 0 radical (unpaired) electrons. The molecule has 0 spiro atoms. The smallest absolute Gasteiger partial charge is 0.327 e. The van der Waals surface area contributed by atoms with Gasteiger partial charge in [-0.3, -0.25) is 19.6 Å². The number of likely N-dealkylation sites (N-methyl/N-ethyl adjacent to an activating group) is 1. The molecular formula is C46H59N9O5S. The van der Waals surface area contributed by atoms with Gasteiger partial charge in [0.2, 0.25) is 5.91 Å². The number of hydrogen-bond donors (Lipinski definition) is 2. The molecule has 1 aliphatic carbocycles. The first kappa shape index (κ1) is 42.8. The van der Waals surface area contributed by atoms with Crippen LogP contribution in [0.5, 0.6) is 0 Å². The molecule has 4 aliphatic rings. The summed E-state index contributed by atoms with van der Waals surface area (Å²) < 4.78 is 14.6. The predicted molar refractivity (Wildman–Crippen MR) is 235 cm³/mol. The lowest BCUT2D eigenvalue weighted by Crippen LogP contribution is -2.66. The van der Waals surface area contributed by atoms with Gasteiger partial charge in [-0.05, 0) is 83.7 Å². The van der Waals surface area contributed by atoms with Gasteiger partial charge in [0.1, 0.15) is 11.6 Å². The van der Waals surface area contributed by atoms with Crippen LogP contribution in [0, 0.1) is 28.6 Å². The highest BCUT2D eigenvalue weighted by Gasteiger charge is 2.44. The van der Waals surface area contributed by atoms with Crippen LogP contribution in [0.15, 0.2) is 35.8 Å². The predicted octanol–water partition coefficient (Wildman–Crippen LogP) is 5.89. The second-order valence-corrected chi connectivity index (χ2v) is 19.3. The molecule has 15 heteroatoms. The molecule has 3 fully saturated rings. The van der Waals surface area contributed by atoms with Gasteiger partial charge in [0.15, 0.2) is 0 Å². The van der Waals surface area contributed by atoms with Crippen LogP contribution in [0.4, 0.5) is 5.69 Å². The molecule has 6 heterocycles. The molecule has 0 unspecified atom stereocenters. The number of hydrazine groups is 1. The zero-order chi connectivity index (χ0) is 43.2. The van der Waals surface area contributed by atoms with Gasteiger partial charge in [-0.1, -0.05) is 19.9 Å². The number of nitrogens with one attached hydrogen (secondary N) is 2. The van der Waals surface area contributed by atoms with Crippen LogP contribution >= 0.6 is 11.3 Å². The van der Waals surface area contributed by atoms with Gasteiger partial charge < -0.3 is 29.2 Å². The number of anilines is 1. The zero-order valence-electron chi connectivity index (χ0n) is 36.5. The Morgan fingerprint density at radius 3 is 2.64 bits per heavy atom. The largest absolute Gasteiger partial charge is 0.464 e.